The Kier molecular flexibility index (Phi) is 4.65. The van der Waals surface area contributed by atoms with Crippen molar-refractivity contribution in [3.8, 4) is 0 Å². The molecule has 0 aliphatic rings. The van der Waals surface area contributed by atoms with Crippen LogP contribution in [0.1, 0.15) is 55.3 Å². The summed E-state index contributed by atoms with van der Waals surface area (Å²) in [5, 5.41) is 1.13. The monoisotopic (exact) mass is 305 g/mol. The van der Waals surface area contributed by atoms with Crippen LogP contribution < -0.4 is 0 Å². The molecule has 3 heteroatoms. The highest BCUT2D eigenvalue weighted by molar-refractivity contribution is 5.79. The van der Waals surface area contributed by atoms with Gasteiger partial charge in [0.2, 0.25) is 0 Å². The van der Waals surface area contributed by atoms with Gasteiger partial charge in [0.05, 0.1) is 17.4 Å². The van der Waals surface area contributed by atoms with Gasteiger partial charge in [0.1, 0.15) is 5.82 Å². The maximum absolute atomic E-state index is 4.93. The van der Waals surface area contributed by atoms with Crippen LogP contribution in [0, 0.1) is 6.92 Å². The quantitative estimate of drug-likeness (QED) is 0.678. The molecule has 3 nitrogen and oxygen atoms in total. The third kappa shape index (κ3) is 3.24. The third-order valence-electron chi connectivity index (χ3n) is 4.25. The van der Waals surface area contributed by atoms with Gasteiger partial charge in [-0.3, -0.25) is 4.98 Å². The van der Waals surface area contributed by atoms with Crippen LogP contribution in [0.2, 0.25) is 0 Å². The molecule has 0 bridgehead atoms. The summed E-state index contributed by atoms with van der Waals surface area (Å²) in [6, 6.07) is 10.7. The molecule has 1 aromatic carbocycles. The zero-order chi connectivity index (χ0) is 16.2. The van der Waals surface area contributed by atoms with Crippen molar-refractivity contribution in [3.05, 3.63) is 65.4 Å². The van der Waals surface area contributed by atoms with Gasteiger partial charge >= 0.3 is 0 Å². The number of benzene rings is 1. The van der Waals surface area contributed by atoms with Crippen molar-refractivity contribution in [2.75, 3.05) is 0 Å². The molecule has 23 heavy (non-hydrogen) atoms. The summed E-state index contributed by atoms with van der Waals surface area (Å²) in [5.41, 5.74) is 4.66. The van der Waals surface area contributed by atoms with Crippen molar-refractivity contribution in [1.29, 1.82) is 0 Å². The number of pyridine rings is 1. The van der Waals surface area contributed by atoms with E-state index in [4.69, 9.17) is 9.97 Å². The molecule has 0 spiro atoms. The molecule has 0 aliphatic heterocycles. The van der Waals surface area contributed by atoms with Crippen LogP contribution in [0.4, 0.5) is 0 Å². The summed E-state index contributed by atoms with van der Waals surface area (Å²) >= 11 is 0. The molecule has 0 fully saturated rings. The largest absolute Gasteiger partial charge is 0.262 e. The number of hydrogen-bond acceptors (Lipinski definition) is 3. The minimum Gasteiger partial charge on any atom is -0.262 e. The predicted molar refractivity (Wildman–Crippen MR) is 94.6 cm³/mol. The molecule has 0 N–H and O–H groups in total. The highest BCUT2D eigenvalue weighted by Crippen LogP contribution is 2.28. The van der Waals surface area contributed by atoms with Gasteiger partial charge in [0.15, 0.2) is 0 Å². The zero-order valence-electron chi connectivity index (χ0n) is 14.1. The molecule has 1 unspecified atom stereocenters. The van der Waals surface area contributed by atoms with E-state index >= 15 is 0 Å². The Morgan fingerprint density at radius 3 is 2.70 bits per heavy atom. The lowest BCUT2D eigenvalue weighted by Gasteiger charge is -2.17. The van der Waals surface area contributed by atoms with Gasteiger partial charge in [-0.25, -0.2) is 9.97 Å². The Morgan fingerprint density at radius 2 is 1.96 bits per heavy atom. The second-order valence-corrected chi connectivity index (χ2v) is 6.05. The summed E-state index contributed by atoms with van der Waals surface area (Å²) < 4.78 is 0. The van der Waals surface area contributed by atoms with Gasteiger partial charge in [-0.05, 0) is 31.4 Å². The number of fused-ring (bicyclic) bond motifs is 1. The van der Waals surface area contributed by atoms with E-state index in [1.54, 1.807) is 0 Å². The third-order valence-corrected chi connectivity index (χ3v) is 4.25. The summed E-state index contributed by atoms with van der Waals surface area (Å²) in [5.74, 6) is 1.15. The Morgan fingerprint density at radius 1 is 1.09 bits per heavy atom. The minimum atomic E-state index is 0.232. The lowest BCUT2D eigenvalue weighted by Crippen LogP contribution is -2.08. The number of aryl methyl sites for hydroxylation is 2. The Balaban J connectivity index is 2.13. The van der Waals surface area contributed by atoms with Crippen LogP contribution >= 0.6 is 0 Å². The van der Waals surface area contributed by atoms with Crippen LogP contribution in [0.25, 0.3) is 10.9 Å². The predicted octanol–water partition coefficient (Wildman–Crippen LogP) is 4.83. The molecule has 3 rings (SSSR count). The molecule has 3 aromatic rings. The van der Waals surface area contributed by atoms with E-state index in [2.05, 4.69) is 50.0 Å². The molecule has 0 amide bonds. The van der Waals surface area contributed by atoms with Crippen molar-refractivity contribution in [2.45, 2.75) is 46.0 Å². The van der Waals surface area contributed by atoms with E-state index in [1.165, 1.54) is 11.1 Å². The summed E-state index contributed by atoms with van der Waals surface area (Å²) in [4.78, 5) is 14.0. The Hall–Kier alpha value is -2.29. The maximum atomic E-state index is 4.93. The first-order chi connectivity index (χ1) is 11.2. The lowest BCUT2D eigenvalue weighted by molar-refractivity contribution is 0.709. The van der Waals surface area contributed by atoms with Crippen LogP contribution in [-0.4, -0.2) is 15.0 Å². The molecular weight excluding hydrogens is 282 g/mol. The van der Waals surface area contributed by atoms with Crippen LogP contribution in [0.5, 0.6) is 0 Å². The first-order valence-corrected chi connectivity index (χ1v) is 8.40. The molecule has 118 valence electrons. The van der Waals surface area contributed by atoms with E-state index in [0.717, 1.165) is 41.7 Å². The lowest BCUT2D eigenvalue weighted by atomic mass is 9.94. The fourth-order valence-corrected chi connectivity index (χ4v) is 3.10. The first kappa shape index (κ1) is 15.6. The van der Waals surface area contributed by atoms with Crippen LogP contribution in [-0.2, 0) is 6.42 Å². The summed E-state index contributed by atoms with van der Waals surface area (Å²) in [6.45, 7) is 6.51. The minimum absolute atomic E-state index is 0.232. The molecule has 0 radical (unpaired) electrons. The van der Waals surface area contributed by atoms with E-state index in [9.17, 15) is 0 Å². The van der Waals surface area contributed by atoms with E-state index in [1.807, 2.05) is 18.5 Å². The number of hydrogen-bond donors (Lipinski definition) is 0. The smallest absolute Gasteiger partial charge is 0.136 e. The van der Waals surface area contributed by atoms with Gasteiger partial charge in [0, 0.05) is 17.5 Å². The SMILES string of the molecule is CCCc1nc(C(CC)c2cccc(C)c2)nc2cnccc12. The zero-order valence-corrected chi connectivity index (χ0v) is 14.1. The Labute approximate surface area is 137 Å². The van der Waals surface area contributed by atoms with Gasteiger partial charge in [-0.2, -0.15) is 0 Å². The van der Waals surface area contributed by atoms with Crippen molar-refractivity contribution in [3.63, 3.8) is 0 Å². The van der Waals surface area contributed by atoms with Crippen LogP contribution in [0.15, 0.2) is 42.7 Å². The normalized spacial score (nSPS) is 12.5. The topological polar surface area (TPSA) is 38.7 Å². The molecule has 0 saturated heterocycles. The maximum Gasteiger partial charge on any atom is 0.136 e. The highest BCUT2D eigenvalue weighted by Gasteiger charge is 2.17. The van der Waals surface area contributed by atoms with E-state index in [-0.39, 0.29) is 5.92 Å². The molecule has 2 heterocycles. The van der Waals surface area contributed by atoms with Crippen molar-refractivity contribution in [1.82, 2.24) is 15.0 Å². The van der Waals surface area contributed by atoms with Gasteiger partial charge in [-0.15, -0.1) is 0 Å². The number of rotatable bonds is 5. The highest BCUT2D eigenvalue weighted by atomic mass is 14.9. The second kappa shape index (κ2) is 6.86. The number of nitrogens with zero attached hydrogens (tertiary/aromatic N) is 3. The molecule has 0 saturated carbocycles. The average Bonchev–Trinajstić information content (AvgIpc) is 2.56. The van der Waals surface area contributed by atoms with Gasteiger partial charge in [0.25, 0.3) is 0 Å². The standard InChI is InChI=1S/C20H23N3/c1-4-7-18-17-10-11-21-13-19(17)23-20(22-18)16(5-2)15-9-6-8-14(3)12-15/h6,8-13,16H,4-5,7H2,1-3H3. The fraction of sp³-hybridized carbons (Fsp3) is 0.350. The van der Waals surface area contributed by atoms with Crippen molar-refractivity contribution in [2.24, 2.45) is 0 Å². The summed E-state index contributed by atoms with van der Waals surface area (Å²) in [7, 11) is 0. The second-order valence-electron chi connectivity index (χ2n) is 6.05. The molecule has 0 aliphatic carbocycles. The Bertz CT molecular complexity index is 811. The molecular formula is C20H23N3. The molecule has 2 aromatic heterocycles. The van der Waals surface area contributed by atoms with Gasteiger partial charge in [-0.1, -0.05) is 50.1 Å². The summed E-state index contributed by atoms with van der Waals surface area (Å²) in [6.07, 6.45) is 6.71. The van der Waals surface area contributed by atoms with E-state index in [0.29, 0.717) is 0 Å². The van der Waals surface area contributed by atoms with Crippen molar-refractivity contribution < 1.29 is 0 Å². The van der Waals surface area contributed by atoms with Gasteiger partial charge < -0.3 is 0 Å². The van der Waals surface area contributed by atoms with Crippen molar-refractivity contribution >= 4 is 10.9 Å². The number of aromatic nitrogens is 3. The first-order valence-electron chi connectivity index (χ1n) is 8.40. The van der Waals surface area contributed by atoms with Crippen LogP contribution in [0.3, 0.4) is 0 Å². The molecule has 1 atom stereocenters. The fourth-order valence-electron chi connectivity index (χ4n) is 3.10. The van der Waals surface area contributed by atoms with E-state index < -0.39 is 0 Å². The average molecular weight is 305 g/mol.